The lowest BCUT2D eigenvalue weighted by Crippen LogP contribution is -2.24. The van der Waals surface area contributed by atoms with Crippen molar-refractivity contribution in [1.82, 2.24) is 29.9 Å². The van der Waals surface area contributed by atoms with Crippen LogP contribution >= 0.6 is 0 Å². The first-order valence-electron chi connectivity index (χ1n) is 12.9. The van der Waals surface area contributed by atoms with Crippen LogP contribution in [0.5, 0.6) is 0 Å². The van der Waals surface area contributed by atoms with E-state index < -0.39 is 23.5 Å². The van der Waals surface area contributed by atoms with Crippen LogP contribution in [-0.4, -0.2) is 63.1 Å². The van der Waals surface area contributed by atoms with Crippen molar-refractivity contribution in [3.63, 3.8) is 0 Å². The van der Waals surface area contributed by atoms with Crippen LogP contribution in [-0.2, 0) is 17.5 Å². The maximum Gasteiger partial charge on any atom is 0.419 e. The number of nitrogens with zero attached hydrogens (tertiary/aromatic N) is 5. The van der Waals surface area contributed by atoms with Crippen LogP contribution in [0.4, 0.5) is 23.2 Å². The number of aryl methyl sites for hydroxylation is 1. The molecule has 5 rings (SSSR count). The van der Waals surface area contributed by atoms with Gasteiger partial charge in [-0.2, -0.15) is 13.2 Å². The maximum absolute atomic E-state index is 14.8. The Bertz CT molecular complexity index is 1750. The van der Waals surface area contributed by atoms with Gasteiger partial charge in [-0.25, -0.2) is 14.1 Å². The number of fused-ring (bicyclic) bond motifs is 1. The quantitative estimate of drug-likeness (QED) is 0.220. The second kappa shape index (κ2) is 11.7. The molecule has 0 spiro atoms. The van der Waals surface area contributed by atoms with Crippen molar-refractivity contribution < 1.29 is 27.1 Å². The zero-order valence-electron chi connectivity index (χ0n) is 23.0. The smallest absolute Gasteiger partial charge is 0.383 e. The van der Waals surface area contributed by atoms with Crippen LogP contribution in [0.3, 0.4) is 0 Å². The van der Waals surface area contributed by atoms with Crippen LogP contribution in [0.1, 0.15) is 27.0 Å². The van der Waals surface area contributed by atoms with E-state index in [4.69, 9.17) is 4.74 Å². The Morgan fingerprint density at radius 3 is 2.74 bits per heavy atom. The third-order valence-electron chi connectivity index (χ3n) is 6.74. The topological polar surface area (TPSA) is 101 Å². The Morgan fingerprint density at radius 2 is 1.98 bits per heavy atom. The molecule has 0 saturated carbocycles. The summed E-state index contributed by atoms with van der Waals surface area (Å²) in [6.07, 6.45) is 0.205. The number of benzene rings is 2. The van der Waals surface area contributed by atoms with Gasteiger partial charge < -0.3 is 15.0 Å². The molecule has 0 aliphatic rings. The first kappa shape index (κ1) is 28.9. The fourth-order valence-corrected chi connectivity index (χ4v) is 4.49. The molecule has 42 heavy (non-hydrogen) atoms. The minimum Gasteiger partial charge on any atom is -0.383 e. The minimum absolute atomic E-state index is 0.113. The van der Waals surface area contributed by atoms with Crippen molar-refractivity contribution >= 4 is 22.6 Å². The third kappa shape index (κ3) is 6.16. The molecular formula is C29H27F4N7O2. The van der Waals surface area contributed by atoms with Gasteiger partial charge in [0, 0.05) is 60.4 Å². The Labute approximate surface area is 238 Å². The number of pyridine rings is 1. The highest BCUT2D eigenvalue weighted by molar-refractivity contribution is 6.04. The number of rotatable bonds is 9. The van der Waals surface area contributed by atoms with Crippen molar-refractivity contribution in [3.8, 4) is 16.9 Å². The number of aromatic amines is 1. The molecule has 0 unspecified atom stereocenters. The highest BCUT2D eigenvalue weighted by Gasteiger charge is 2.36. The Kier molecular flexibility index (Phi) is 8.05. The van der Waals surface area contributed by atoms with Gasteiger partial charge in [0.05, 0.1) is 24.1 Å². The first-order chi connectivity index (χ1) is 20.0. The largest absolute Gasteiger partial charge is 0.419 e. The lowest BCUT2D eigenvalue weighted by molar-refractivity contribution is -0.140. The molecule has 0 radical (unpaired) electrons. The second-order valence-corrected chi connectivity index (χ2v) is 9.87. The lowest BCUT2D eigenvalue weighted by atomic mass is 10.1. The predicted octanol–water partition coefficient (Wildman–Crippen LogP) is 5.61. The summed E-state index contributed by atoms with van der Waals surface area (Å²) in [6, 6.07) is 10.4. The molecular weight excluding hydrogens is 554 g/mol. The summed E-state index contributed by atoms with van der Waals surface area (Å²) in [5.74, 6) is -2.05. The number of aromatic nitrogens is 5. The number of amides is 1. The molecule has 0 aliphatic heterocycles. The van der Waals surface area contributed by atoms with E-state index in [1.54, 1.807) is 48.7 Å². The molecule has 3 heterocycles. The fourth-order valence-electron chi connectivity index (χ4n) is 4.49. The van der Waals surface area contributed by atoms with E-state index in [9.17, 15) is 22.4 Å². The molecule has 0 fully saturated rings. The summed E-state index contributed by atoms with van der Waals surface area (Å²) in [6.45, 7) is 2.41. The van der Waals surface area contributed by atoms with E-state index in [1.807, 2.05) is 19.1 Å². The number of halogens is 4. The average Bonchev–Trinajstić information content (AvgIpc) is 3.63. The molecule has 3 aromatic heterocycles. The molecule has 0 atom stereocenters. The molecule has 13 heteroatoms. The Hall–Kier alpha value is -4.62. The summed E-state index contributed by atoms with van der Waals surface area (Å²) in [4.78, 5) is 22.2. The van der Waals surface area contributed by atoms with Crippen molar-refractivity contribution in [2.75, 3.05) is 32.6 Å². The number of methoxy groups -OCH3 is 1. The maximum atomic E-state index is 14.8. The van der Waals surface area contributed by atoms with Gasteiger partial charge in [-0.15, -0.1) is 5.10 Å². The number of ether oxygens (including phenoxy) is 1. The molecule has 2 N–H and O–H groups in total. The van der Waals surface area contributed by atoms with Gasteiger partial charge in [-0.1, -0.05) is 11.3 Å². The summed E-state index contributed by atoms with van der Waals surface area (Å²) in [5, 5.41) is 11.8. The van der Waals surface area contributed by atoms with Crippen LogP contribution < -0.4 is 5.32 Å². The third-order valence-corrected chi connectivity index (χ3v) is 6.74. The van der Waals surface area contributed by atoms with Crippen molar-refractivity contribution in [2.24, 2.45) is 0 Å². The molecule has 0 aliphatic carbocycles. The zero-order valence-corrected chi connectivity index (χ0v) is 23.0. The highest BCUT2D eigenvalue weighted by atomic mass is 19.4. The van der Waals surface area contributed by atoms with Crippen molar-refractivity contribution in [1.29, 1.82) is 0 Å². The van der Waals surface area contributed by atoms with E-state index in [1.165, 1.54) is 17.9 Å². The lowest BCUT2D eigenvalue weighted by Gasteiger charge is -2.20. The van der Waals surface area contributed by atoms with Gasteiger partial charge in [0.1, 0.15) is 17.2 Å². The van der Waals surface area contributed by atoms with Gasteiger partial charge in [0.25, 0.3) is 5.91 Å². The van der Waals surface area contributed by atoms with Gasteiger partial charge in [0.2, 0.25) is 0 Å². The zero-order chi connectivity index (χ0) is 30.0. The summed E-state index contributed by atoms with van der Waals surface area (Å²) in [7, 11) is 3.13. The summed E-state index contributed by atoms with van der Waals surface area (Å²) >= 11 is 0. The average molecular weight is 582 g/mol. The number of H-pyrrole nitrogens is 1. The number of hydrogen-bond acceptors (Lipinski definition) is 6. The van der Waals surface area contributed by atoms with E-state index in [2.05, 4.69) is 25.6 Å². The number of alkyl halides is 3. The number of hydrogen-bond donors (Lipinski definition) is 2. The second-order valence-electron chi connectivity index (χ2n) is 9.87. The van der Waals surface area contributed by atoms with Crippen molar-refractivity contribution in [3.05, 3.63) is 89.1 Å². The van der Waals surface area contributed by atoms with Gasteiger partial charge >= 0.3 is 6.18 Å². The van der Waals surface area contributed by atoms with Gasteiger partial charge in [0.15, 0.2) is 0 Å². The SMILES string of the molecule is COCCN(C)Cc1cc(NC(=O)c2ccc(C)c(-n3cc(-c4cnc5[nH]ccc5c4)nn3)c2)cc(C(F)(F)F)c1F. The molecule has 1 amide bonds. The fraction of sp³-hybridized carbons (Fsp3) is 0.241. The van der Waals surface area contributed by atoms with E-state index in [-0.39, 0.29) is 23.4 Å². The number of nitrogens with one attached hydrogen (secondary N) is 2. The van der Waals surface area contributed by atoms with Crippen molar-refractivity contribution in [2.45, 2.75) is 19.6 Å². The van der Waals surface area contributed by atoms with E-state index in [0.29, 0.717) is 30.6 Å². The summed E-state index contributed by atoms with van der Waals surface area (Å²) < 4.78 is 62.4. The molecule has 0 saturated heterocycles. The van der Waals surface area contributed by atoms with Gasteiger partial charge in [-0.05, 0) is 55.9 Å². The molecule has 0 bridgehead atoms. The standard InChI is InChI=1S/C29H27F4N7O2/c1-17-4-5-19(12-25(17)40-16-24(37-38-40)20-10-18-6-7-34-27(18)35-14-20)28(41)36-22-11-21(15-39(2)8-9-42-3)26(30)23(13-22)29(31,32)33/h4-7,10-14,16H,8-9,15H2,1-3H3,(H,34,35)(H,36,41). The number of likely N-dealkylation sites (N-methyl/N-ethyl adjacent to an activating group) is 1. The molecule has 2 aromatic carbocycles. The van der Waals surface area contributed by atoms with Crippen LogP contribution in [0.25, 0.3) is 28.0 Å². The number of anilines is 1. The van der Waals surface area contributed by atoms with Crippen LogP contribution in [0.15, 0.2) is 61.1 Å². The Balaban J connectivity index is 1.41. The predicted molar refractivity (Wildman–Crippen MR) is 149 cm³/mol. The van der Waals surface area contributed by atoms with E-state index >= 15 is 0 Å². The number of carbonyl (C=O) groups excluding carboxylic acids is 1. The van der Waals surface area contributed by atoms with Crippen LogP contribution in [0.2, 0.25) is 0 Å². The molecule has 218 valence electrons. The Morgan fingerprint density at radius 1 is 1.17 bits per heavy atom. The highest BCUT2D eigenvalue weighted by Crippen LogP contribution is 2.35. The first-order valence-corrected chi connectivity index (χ1v) is 12.9. The van der Waals surface area contributed by atoms with Crippen LogP contribution in [0, 0.1) is 12.7 Å². The van der Waals surface area contributed by atoms with Gasteiger partial charge in [-0.3, -0.25) is 9.69 Å². The number of carbonyl (C=O) groups is 1. The summed E-state index contributed by atoms with van der Waals surface area (Å²) in [5.41, 5.74) is 1.72. The minimum atomic E-state index is -4.95. The van der Waals surface area contributed by atoms with E-state index in [0.717, 1.165) is 22.2 Å². The molecule has 9 nitrogen and oxygen atoms in total. The molecule has 5 aromatic rings. The normalized spacial score (nSPS) is 11.9. The monoisotopic (exact) mass is 581 g/mol.